The Bertz CT molecular complexity index is 2080. The molecule has 7 heterocycles. The fourth-order valence-corrected chi connectivity index (χ4v) is 10.8. The highest BCUT2D eigenvalue weighted by Gasteiger charge is 2.45. The maximum atomic E-state index is 12.0. The summed E-state index contributed by atoms with van der Waals surface area (Å²) >= 11 is 0. The van der Waals surface area contributed by atoms with E-state index in [2.05, 4.69) is 72.7 Å². The van der Waals surface area contributed by atoms with E-state index in [4.69, 9.17) is 9.84 Å². The third-order valence-corrected chi connectivity index (χ3v) is 13.9. The van der Waals surface area contributed by atoms with Gasteiger partial charge in [0.1, 0.15) is 12.2 Å². The third-order valence-electron chi connectivity index (χ3n) is 13.9. The van der Waals surface area contributed by atoms with E-state index in [1.165, 1.54) is 42.8 Å². The zero-order valence-electron chi connectivity index (χ0n) is 33.4. The van der Waals surface area contributed by atoms with Gasteiger partial charge in [-0.1, -0.05) is 0 Å². The van der Waals surface area contributed by atoms with Crippen LogP contribution in [0, 0.1) is 29.6 Å². The Labute approximate surface area is 330 Å². The topological polar surface area (TPSA) is 120 Å². The molecule has 56 heavy (non-hydrogen) atoms. The Morgan fingerprint density at radius 3 is 2.52 bits per heavy atom. The van der Waals surface area contributed by atoms with Crippen LogP contribution in [0.15, 0.2) is 42.6 Å². The molecule has 3 aromatic heterocycles. The smallest absolute Gasteiger partial charge is 0.233 e. The van der Waals surface area contributed by atoms with Gasteiger partial charge in [-0.15, -0.1) is 10.2 Å². The van der Waals surface area contributed by atoms with Crippen molar-refractivity contribution >= 4 is 28.3 Å². The van der Waals surface area contributed by atoms with Crippen molar-refractivity contribution in [3.05, 3.63) is 65.1 Å². The second-order valence-electron chi connectivity index (χ2n) is 17.5. The van der Waals surface area contributed by atoms with E-state index < -0.39 is 0 Å². The number of nitrogens with zero attached hydrogens (tertiary/aromatic N) is 10. The normalized spacial score (nSPS) is 24.4. The number of hydrogen-bond acceptors (Lipinski definition) is 10. The second-order valence-corrected chi connectivity index (χ2v) is 17.5. The van der Waals surface area contributed by atoms with Crippen molar-refractivity contribution < 1.29 is 9.53 Å². The van der Waals surface area contributed by atoms with Crippen LogP contribution in [0.25, 0.3) is 10.9 Å². The Kier molecular flexibility index (Phi) is 10.1. The van der Waals surface area contributed by atoms with E-state index in [1.807, 2.05) is 23.1 Å². The Morgan fingerprint density at radius 1 is 0.982 bits per heavy atom. The molecule has 12 heteroatoms. The summed E-state index contributed by atoms with van der Waals surface area (Å²) in [5.41, 5.74) is 6.60. The molecule has 0 bridgehead atoms. The predicted octanol–water partition coefficient (Wildman–Crippen LogP) is 6.47. The van der Waals surface area contributed by atoms with Gasteiger partial charge in [-0.25, -0.2) is 0 Å². The summed E-state index contributed by atoms with van der Waals surface area (Å²) in [4.78, 5) is 26.1. The molecule has 1 unspecified atom stereocenters. The Hall–Kier alpha value is -4.76. The number of ether oxygens (including phenoxy) is 1. The number of aromatic nitrogens is 5. The minimum absolute atomic E-state index is 0.156. The zero-order chi connectivity index (χ0) is 38.4. The summed E-state index contributed by atoms with van der Waals surface area (Å²) in [6.45, 7) is 14.0. The van der Waals surface area contributed by atoms with Crippen molar-refractivity contribution in [1.29, 1.82) is 5.26 Å². The second kappa shape index (κ2) is 15.3. The van der Waals surface area contributed by atoms with Gasteiger partial charge in [0.25, 0.3) is 0 Å². The van der Waals surface area contributed by atoms with E-state index >= 15 is 0 Å². The van der Waals surface area contributed by atoms with Crippen LogP contribution >= 0.6 is 0 Å². The Morgan fingerprint density at radius 2 is 1.79 bits per heavy atom. The number of benzene rings is 1. The largest absolute Gasteiger partial charge is 0.473 e. The number of fused-ring (bicyclic) bond motifs is 2. The molecule has 9 rings (SSSR count). The molecule has 5 aliphatic rings. The highest BCUT2D eigenvalue weighted by atomic mass is 16.5. The van der Waals surface area contributed by atoms with Gasteiger partial charge in [0.2, 0.25) is 11.8 Å². The van der Waals surface area contributed by atoms with Gasteiger partial charge in [0.05, 0.1) is 22.8 Å². The number of amides is 1. The lowest BCUT2D eigenvalue weighted by atomic mass is 9.77. The van der Waals surface area contributed by atoms with Crippen LogP contribution < -0.4 is 14.5 Å². The van der Waals surface area contributed by atoms with Crippen LogP contribution in [0.5, 0.6) is 5.88 Å². The summed E-state index contributed by atoms with van der Waals surface area (Å²) in [6.07, 6.45) is 13.1. The van der Waals surface area contributed by atoms with Crippen LogP contribution in [-0.4, -0.2) is 98.6 Å². The molecule has 1 atom stereocenters. The van der Waals surface area contributed by atoms with E-state index in [0.29, 0.717) is 30.1 Å². The highest BCUT2D eigenvalue weighted by molar-refractivity contribution is 5.95. The summed E-state index contributed by atoms with van der Waals surface area (Å²) < 4.78 is 8.71. The van der Waals surface area contributed by atoms with Gasteiger partial charge in [0, 0.05) is 106 Å². The number of hydrogen-bond donors (Lipinski definition) is 0. The van der Waals surface area contributed by atoms with Crippen molar-refractivity contribution in [3.63, 3.8) is 0 Å². The molecule has 4 aliphatic heterocycles. The number of anilines is 2. The minimum Gasteiger partial charge on any atom is -0.473 e. The minimum atomic E-state index is 0.156. The number of carbonyl (C=O) groups excluding carboxylic acids is 1. The lowest BCUT2D eigenvalue weighted by molar-refractivity contribution is -0.129. The number of rotatable bonds is 7. The van der Waals surface area contributed by atoms with E-state index in [-0.39, 0.29) is 17.4 Å². The number of pyridine rings is 1. The molecule has 1 aromatic carbocycles. The molecule has 4 fully saturated rings. The summed E-state index contributed by atoms with van der Waals surface area (Å²) in [5, 5.41) is 24.9. The zero-order valence-corrected chi connectivity index (χ0v) is 33.4. The predicted molar refractivity (Wildman–Crippen MR) is 217 cm³/mol. The maximum absolute atomic E-state index is 12.0. The molecular formula is C44H56N10O2. The molecule has 1 amide bonds. The molecule has 12 nitrogen and oxygen atoms in total. The average molecular weight is 757 g/mol. The lowest BCUT2D eigenvalue weighted by Crippen LogP contribution is -2.42. The van der Waals surface area contributed by atoms with Crippen LogP contribution in [0.3, 0.4) is 0 Å². The van der Waals surface area contributed by atoms with E-state index in [0.717, 1.165) is 113 Å². The molecule has 294 valence electrons. The van der Waals surface area contributed by atoms with Gasteiger partial charge < -0.3 is 24.3 Å². The molecule has 0 N–H and O–H groups in total. The first-order chi connectivity index (χ1) is 27.3. The summed E-state index contributed by atoms with van der Waals surface area (Å²) in [7, 11) is 0. The molecule has 0 radical (unpaired) electrons. The van der Waals surface area contributed by atoms with Crippen molar-refractivity contribution in [1.82, 2.24) is 34.8 Å². The van der Waals surface area contributed by atoms with Crippen molar-refractivity contribution in [3.8, 4) is 11.9 Å². The summed E-state index contributed by atoms with van der Waals surface area (Å²) in [5.74, 6) is 2.45. The molecule has 3 saturated heterocycles. The number of piperidine rings is 2. The number of aryl methyl sites for hydroxylation is 1. The van der Waals surface area contributed by atoms with Crippen LogP contribution in [0.1, 0.15) is 100 Å². The first kappa shape index (κ1) is 36.9. The average Bonchev–Trinajstić information content (AvgIpc) is 3.73. The van der Waals surface area contributed by atoms with E-state index in [9.17, 15) is 10.1 Å². The van der Waals surface area contributed by atoms with Gasteiger partial charge >= 0.3 is 0 Å². The van der Waals surface area contributed by atoms with Crippen molar-refractivity contribution in [2.75, 3.05) is 55.6 Å². The first-order valence-corrected chi connectivity index (χ1v) is 21.1. The fraction of sp³-hybridized carbons (Fsp3) is 0.591. The van der Waals surface area contributed by atoms with Crippen LogP contribution in [0.2, 0.25) is 0 Å². The van der Waals surface area contributed by atoms with Gasteiger partial charge in [0.15, 0.2) is 5.82 Å². The van der Waals surface area contributed by atoms with Crippen molar-refractivity contribution in [2.24, 2.45) is 11.3 Å². The quantitative estimate of drug-likeness (QED) is 0.208. The Balaban J connectivity index is 0.719. The first-order valence-electron chi connectivity index (χ1n) is 21.1. The van der Waals surface area contributed by atoms with Crippen molar-refractivity contribution in [2.45, 2.75) is 110 Å². The monoisotopic (exact) mass is 756 g/mol. The number of carbonyl (C=O) groups is 1. The molecule has 1 aliphatic carbocycles. The molecule has 1 spiro atoms. The van der Waals surface area contributed by atoms with Gasteiger partial charge in [-0.3, -0.25) is 14.5 Å². The summed E-state index contributed by atoms with van der Waals surface area (Å²) in [6, 6.07) is 15.4. The number of likely N-dealkylation sites (tertiary alicyclic amines) is 1. The standard InChI is InChI=1S/C44H56N10O2/c1-30-25-44(29-53(30)39-11-8-34(26-45)43-37(39)5-4-19-46-43)17-23-51(24-18-44)41-12-13-42(48-47-41)56-36-9-6-33(7-10-36)27-50-20-14-35(15-21-50)54-40-16-22-52(32(3)55)28-38(40)31(2)49-54/h4-5,8,11-13,19,30,33,35-36H,6-7,9-10,14-18,20-25,27-29H2,1-3H3. The molecule has 4 aromatic rings. The third kappa shape index (κ3) is 7.19. The fourth-order valence-electron chi connectivity index (χ4n) is 10.8. The maximum Gasteiger partial charge on any atom is 0.233 e. The van der Waals surface area contributed by atoms with Gasteiger partial charge in [-0.05, 0) is 113 Å². The number of nitriles is 1. The lowest BCUT2D eigenvalue weighted by Gasteiger charge is -2.39. The van der Waals surface area contributed by atoms with Crippen LogP contribution in [0.4, 0.5) is 11.5 Å². The van der Waals surface area contributed by atoms with Crippen LogP contribution in [-0.2, 0) is 17.8 Å². The van der Waals surface area contributed by atoms with E-state index in [1.54, 1.807) is 13.1 Å². The van der Waals surface area contributed by atoms with Gasteiger partial charge in [-0.2, -0.15) is 10.4 Å². The molecule has 1 saturated carbocycles. The SMILES string of the molecule is CC(=O)N1CCc2c(c(C)nn2C2CCN(CC3CCC(Oc4ccc(N5CCC6(CC5)CC(C)N(c5ccc(C#N)c7ncccc57)C6)nn4)CC3)CC2)C1. The molecular weight excluding hydrogens is 701 g/mol. The highest BCUT2D eigenvalue weighted by Crippen LogP contribution is 2.47.